The highest BCUT2D eigenvalue weighted by Crippen LogP contribution is 2.21. The molecule has 1 fully saturated rings. The zero-order valence-electron chi connectivity index (χ0n) is 10.5. The van der Waals surface area contributed by atoms with E-state index in [0.717, 1.165) is 38.3 Å². The first-order valence-corrected chi connectivity index (χ1v) is 6.95. The van der Waals surface area contributed by atoms with E-state index >= 15 is 0 Å². The molecule has 0 spiro atoms. The Hall–Kier alpha value is -0.770. The number of para-hydroxylation sites is 1. The van der Waals surface area contributed by atoms with Gasteiger partial charge in [-0.05, 0) is 25.0 Å². The van der Waals surface area contributed by atoms with Gasteiger partial charge < -0.3 is 14.8 Å². The van der Waals surface area contributed by atoms with Crippen molar-refractivity contribution >= 4 is 11.6 Å². The van der Waals surface area contributed by atoms with E-state index in [1.807, 2.05) is 30.3 Å². The molecule has 3 nitrogen and oxygen atoms in total. The van der Waals surface area contributed by atoms with Gasteiger partial charge in [0, 0.05) is 31.2 Å². The van der Waals surface area contributed by atoms with Crippen LogP contribution in [0.1, 0.15) is 12.8 Å². The Labute approximate surface area is 113 Å². The molecule has 1 heterocycles. The average molecular weight is 270 g/mol. The van der Waals surface area contributed by atoms with E-state index in [-0.39, 0.29) is 5.54 Å². The van der Waals surface area contributed by atoms with Crippen LogP contribution < -0.4 is 10.1 Å². The highest BCUT2D eigenvalue weighted by Gasteiger charge is 2.30. The van der Waals surface area contributed by atoms with Crippen molar-refractivity contribution in [2.45, 2.75) is 18.4 Å². The van der Waals surface area contributed by atoms with Crippen LogP contribution >= 0.6 is 11.6 Å². The van der Waals surface area contributed by atoms with Crippen molar-refractivity contribution in [2.75, 3.05) is 32.2 Å². The molecule has 0 radical (unpaired) electrons. The Balaban J connectivity index is 1.71. The van der Waals surface area contributed by atoms with Crippen LogP contribution in [0.3, 0.4) is 0 Å². The van der Waals surface area contributed by atoms with Crippen LogP contribution in [-0.4, -0.2) is 37.8 Å². The molecule has 0 aliphatic carbocycles. The fourth-order valence-corrected chi connectivity index (χ4v) is 2.48. The maximum absolute atomic E-state index is 6.07. The summed E-state index contributed by atoms with van der Waals surface area (Å²) >= 11 is 6.07. The molecule has 18 heavy (non-hydrogen) atoms. The highest BCUT2D eigenvalue weighted by molar-refractivity contribution is 6.18. The lowest BCUT2D eigenvalue weighted by atomic mass is 9.92. The quantitative estimate of drug-likeness (QED) is 0.636. The van der Waals surface area contributed by atoms with E-state index in [4.69, 9.17) is 21.1 Å². The van der Waals surface area contributed by atoms with Crippen molar-refractivity contribution in [1.82, 2.24) is 5.32 Å². The lowest BCUT2D eigenvalue weighted by molar-refractivity contribution is 0.0453. The molecule has 1 N–H and O–H groups in total. The topological polar surface area (TPSA) is 30.5 Å². The fourth-order valence-electron chi connectivity index (χ4n) is 2.12. The fraction of sp³-hybridized carbons (Fsp3) is 0.571. The Bertz CT molecular complexity index is 339. The minimum absolute atomic E-state index is 0.0276. The molecule has 1 aliphatic rings. The van der Waals surface area contributed by atoms with Crippen molar-refractivity contribution in [3.05, 3.63) is 30.3 Å². The van der Waals surface area contributed by atoms with Gasteiger partial charge in [0.1, 0.15) is 12.4 Å². The Morgan fingerprint density at radius 1 is 1.22 bits per heavy atom. The first-order chi connectivity index (χ1) is 8.85. The third kappa shape index (κ3) is 3.87. The minimum Gasteiger partial charge on any atom is -0.492 e. The van der Waals surface area contributed by atoms with Crippen LogP contribution in [0.4, 0.5) is 0 Å². The van der Waals surface area contributed by atoms with Crippen LogP contribution in [0.5, 0.6) is 5.75 Å². The molecule has 1 aromatic carbocycles. The van der Waals surface area contributed by atoms with E-state index in [2.05, 4.69) is 5.32 Å². The van der Waals surface area contributed by atoms with Gasteiger partial charge in [0.15, 0.2) is 0 Å². The molecule has 0 amide bonds. The molecule has 0 bridgehead atoms. The first kappa shape index (κ1) is 13.7. The monoisotopic (exact) mass is 269 g/mol. The van der Waals surface area contributed by atoms with Crippen molar-refractivity contribution in [3.8, 4) is 5.75 Å². The van der Waals surface area contributed by atoms with Gasteiger partial charge in [0.05, 0.1) is 0 Å². The first-order valence-electron chi connectivity index (χ1n) is 6.41. The summed E-state index contributed by atoms with van der Waals surface area (Å²) < 4.78 is 11.0. The SMILES string of the molecule is ClCC1(NCCOc2ccccc2)CCOCC1. The van der Waals surface area contributed by atoms with Crippen LogP contribution in [0.2, 0.25) is 0 Å². The summed E-state index contributed by atoms with van der Waals surface area (Å²) in [7, 11) is 0. The summed E-state index contributed by atoms with van der Waals surface area (Å²) in [4.78, 5) is 0. The lowest BCUT2D eigenvalue weighted by Gasteiger charge is -2.36. The average Bonchev–Trinajstić information content (AvgIpc) is 2.46. The number of halogens is 1. The molecule has 0 aromatic heterocycles. The van der Waals surface area contributed by atoms with Gasteiger partial charge in [0.2, 0.25) is 0 Å². The standard InChI is InChI=1S/C14H20ClNO2/c15-12-14(6-9-17-10-7-14)16-8-11-18-13-4-2-1-3-5-13/h1-5,16H,6-12H2. The molecule has 4 heteroatoms. The third-order valence-electron chi connectivity index (χ3n) is 3.32. The van der Waals surface area contributed by atoms with Crippen molar-refractivity contribution in [3.63, 3.8) is 0 Å². The van der Waals surface area contributed by atoms with Crippen molar-refractivity contribution < 1.29 is 9.47 Å². The predicted molar refractivity (Wildman–Crippen MR) is 73.4 cm³/mol. The number of hydrogen-bond donors (Lipinski definition) is 1. The number of nitrogens with one attached hydrogen (secondary N) is 1. The van der Waals surface area contributed by atoms with Gasteiger partial charge >= 0.3 is 0 Å². The van der Waals surface area contributed by atoms with Gasteiger partial charge in [0.25, 0.3) is 0 Å². The second kappa shape index (κ2) is 6.98. The lowest BCUT2D eigenvalue weighted by Crippen LogP contribution is -2.52. The van der Waals surface area contributed by atoms with E-state index < -0.39 is 0 Å². The van der Waals surface area contributed by atoms with E-state index in [9.17, 15) is 0 Å². The normalized spacial score (nSPS) is 18.5. The summed E-state index contributed by atoms with van der Waals surface area (Å²) in [6.45, 7) is 3.05. The van der Waals surface area contributed by atoms with Crippen LogP contribution in [0, 0.1) is 0 Å². The van der Waals surface area contributed by atoms with E-state index in [1.165, 1.54) is 0 Å². The van der Waals surface area contributed by atoms with Gasteiger partial charge in [-0.3, -0.25) is 0 Å². The molecule has 1 aromatic rings. The molecular formula is C14H20ClNO2. The van der Waals surface area contributed by atoms with E-state index in [0.29, 0.717) is 12.5 Å². The Morgan fingerprint density at radius 2 is 1.94 bits per heavy atom. The molecule has 1 saturated heterocycles. The predicted octanol–water partition coefficient (Wildman–Crippen LogP) is 2.44. The second-order valence-electron chi connectivity index (χ2n) is 4.61. The Morgan fingerprint density at radius 3 is 2.61 bits per heavy atom. The summed E-state index contributed by atoms with van der Waals surface area (Å²) in [6.07, 6.45) is 1.95. The number of alkyl halides is 1. The summed E-state index contributed by atoms with van der Waals surface area (Å²) in [5.41, 5.74) is 0.0276. The molecule has 0 atom stereocenters. The zero-order chi connectivity index (χ0) is 12.7. The van der Waals surface area contributed by atoms with E-state index in [1.54, 1.807) is 0 Å². The molecule has 0 unspecified atom stereocenters. The Kier molecular flexibility index (Phi) is 5.29. The molecule has 1 aliphatic heterocycles. The van der Waals surface area contributed by atoms with Gasteiger partial charge in [-0.25, -0.2) is 0 Å². The highest BCUT2D eigenvalue weighted by atomic mass is 35.5. The number of rotatable bonds is 6. The van der Waals surface area contributed by atoms with Crippen LogP contribution in [0.15, 0.2) is 30.3 Å². The summed E-state index contributed by atoms with van der Waals surface area (Å²) in [6, 6.07) is 9.86. The molecule has 2 rings (SSSR count). The largest absolute Gasteiger partial charge is 0.492 e. The van der Waals surface area contributed by atoms with Gasteiger partial charge in [-0.2, -0.15) is 0 Å². The number of benzene rings is 1. The summed E-state index contributed by atoms with van der Waals surface area (Å²) in [5, 5.41) is 3.52. The van der Waals surface area contributed by atoms with Gasteiger partial charge in [-0.15, -0.1) is 11.6 Å². The van der Waals surface area contributed by atoms with Crippen LogP contribution in [0.25, 0.3) is 0 Å². The maximum atomic E-state index is 6.07. The van der Waals surface area contributed by atoms with Gasteiger partial charge in [-0.1, -0.05) is 18.2 Å². The zero-order valence-corrected chi connectivity index (χ0v) is 11.3. The molecular weight excluding hydrogens is 250 g/mol. The smallest absolute Gasteiger partial charge is 0.119 e. The summed E-state index contributed by atoms with van der Waals surface area (Å²) in [5.74, 6) is 1.54. The second-order valence-corrected chi connectivity index (χ2v) is 4.88. The van der Waals surface area contributed by atoms with Crippen molar-refractivity contribution in [1.29, 1.82) is 0 Å². The maximum Gasteiger partial charge on any atom is 0.119 e. The van der Waals surface area contributed by atoms with Crippen LogP contribution in [-0.2, 0) is 4.74 Å². The third-order valence-corrected chi connectivity index (χ3v) is 3.83. The number of ether oxygens (including phenoxy) is 2. The number of hydrogen-bond acceptors (Lipinski definition) is 3. The van der Waals surface area contributed by atoms with Crippen molar-refractivity contribution in [2.24, 2.45) is 0 Å². The molecule has 0 saturated carbocycles. The minimum atomic E-state index is 0.0276. The molecule has 100 valence electrons.